The molecule has 2 aromatic carbocycles. The van der Waals surface area contributed by atoms with E-state index in [4.69, 9.17) is 16.0 Å². The number of imide groups is 1. The van der Waals surface area contributed by atoms with Gasteiger partial charge in [-0.15, -0.1) is 0 Å². The average Bonchev–Trinajstić information content (AvgIpc) is 3.21. The van der Waals surface area contributed by atoms with E-state index in [1.54, 1.807) is 12.1 Å². The molecule has 1 spiro atoms. The average molecular weight is 423 g/mol. The largest absolute Gasteiger partial charge is 0.423 e. The Bertz CT molecular complexity index is 1280. The van der Waals surface area contributed by atoms with Crippen LogP contribution in [0.2, 0.25) is 5.02 Å². The van der Waals surface area contributed by atoms with Crippen molar-refractivity contribution in [2.45, 2.75) is 38.3 Å². The van der Waals surface area contributed by atoms with E-state index in [1.807, 2.05) is 31.2 Å². The molecule has 3 amide bonds. The van der Waals surface area contributed by atoms with Crippen molar-refractivity contribution in [3.05, 3.63) is 80.2 Å². The van der Waals surface area contributed by atoms with Gasteiger partial charge in [0.1, 0.15) is 11.1 Å². The Morgan fingerprint density at radius 2 is 1.93 bits per heavy atom. The van der Waals surface area contributed by atoms with Crippen LogP contribution in [0.4, 0.5) is 4.79 Å². The molecule has 1 aliphatic heterocycles. The van der Waals surface area contributed by atoms with E-state index >= 15 is 0 Å². The van der Waals surface area contributed by atoms with Gasteiger partial charge in [-0.05, 0) is 53.6 Å². The van der Waals surface area contributed by atoms with Crippen molar-refractivity contribution in [2.75, 3.05) is 0 Å². The predicted octanol–water partition coefficient (Wildman–Crippen LogP) is 3.90. The Labute approximate surface area is 177 Å². The number of rotatable bonds is 3. The Morgan fingerprint density at radius 1 is 1.13 bits per heavy atom. The molecule has 1 saturated heterocycles. The molecule has 1 fully saturated rings. The van der Waals surface area contributed by atoms with Crippen LogP contribution in [-0.4, -0.2) is 16.8 Å². The monoisotopic (exact) mass is 422 g/mol. The quantitative estimate of drug-likeness (QED) is 0.512. The molecular weight excluding hydrogens is 404 g/mol. The molecule has 30 heavy (non-hydrogen) atoms. The van der Waals surface area contributed by atoms with Gasteiger partial charge in [0, 0.05) is 16.5 Å². The number of amides is 3. The highest BCUT2D eigenvalue weighted by Gasteiger charge is 2.55. The molecule has 1 unspecified atom stereocenters. The number of nitrogens with zero attached hydrogens (tertiary/aromatic N) is 1. The van der Waals surface area contributed by atoms with E-state index in [1.165, 1.54) is 11.0 Å². The SMILES string of the molecule is CCc1cc2oc(=O)cc(CN3C(=O)NC4(CCc5ccccc54)C3=O)c2cc1Cl. The second-order valence-electron chi connectivity index (χ2n) is 7.77. The Morgan fingerprint density at radius 3 is 2.73 bits per heavy atom. The molecule has 1 N–H and O–H groups in total. The number of hydrogen-bond donors (Lipinski definition) is 1. The van der Waals surface area contributed by atoms with Gasteiger partial charge in [0.2, 0.25) is 0 Å². The van der Waals surface area contributed by atoms with Crippen LogP contribution in [0.3, 0.4) is 0 Å². The lowest BCUT2D eigenvalue weighted by Crippen LogP contribution is -2.41. The summed E-state index contributed by atoms with van der Waals surface area (Å²) in [5, 5.41) is 4.08. The lowest BCUT2D eigenvalue weighted by molar-refractivity contribution is -0.132. The Kier molecular flexibility index (Phi) is 4.22. The van der Waals surface area contributed by atoms with Crippen LogP contribution < -0.4 is 10.9 Å². The molecule has 2 aliphatic rings. The standard InChI is InChI=1S/C23H19ClN2O4/c1-2-13-9-19-16(11-18(13)24)15(10-20(27)30-19)12-26-21(28)23(25-22(26)29)8-7-14-5-3-4-6-17(14)23/h3-6,9-11H,2,7-8,12H2,1H3,(H,25,29). The van der Waals surface area contributed by atoms with E-state index in [0.29, 0.717) is 34.4 Å². The van der Waals surface area contributed by atoms with E-state index in [2.05, 4.69) is 5.32 Å². The zero-order valence-electron chi connectivity index (χ0n) is 16.3. The summed E-state index contributed by atoms with van der Waals surface area (Å²) in [5.74, 6) is -0.296. The molecule has 2 heterocycles. The van der Waals surface area contributed by atoms with Crippen molar-refractivity contribution in [3.63, 3.8) is 0 Å². The maximum atomic E-state index is 13.4. The third-order valence-corrected chi connectivity index (χ3v) is 6.48. The minimum Gasteiger partial charge on any atom is -0.423 e. The summed E-state index contributed by atoms with van der Waals surface area (Å²) in [4.78, 5) is 39.5. The van der Waals surface area contributed by atoms with Crippen LogP contribution in [0.5, 0.6) is 0 Å². The molecule has 1 aromatic heterocycles. The second kappa shape index (κ2) is 6.71. The van der Waals surface area contributed by atoms with E-state index < -0.39 is 17.2 Å². The zero-order valence-corrected chi connectivity index (χ0v) is 17.1. The third kappa shape index (κ3) is 2.67. The maximum Gasteiger partial charge on any atom is 0.336 e. The van der Waals surface area contributed by atoms with Crippen LogP contribution in [0.25, 0.3) is 11.0 Å². The summed E-state index contributed by atoms with van der Waals surface area (Å²) in [5.41, 5.74) is 2.13. The summed E-state index contributed by atoms with van der Waals surface area (Å²) in [6.45, 7) is 1.93. The fraction of sp³-hybridized carbons (Fsp3) is 0.261. The van der Waals surface area contributed by atoms with Gasteiger partial charge in [-0.25, -0.2) is 9.59 Å². The first-order valence-corrected chi connectivity index (χ1v) is 10.3. The summed E-state index contributed by atoms with van der Waals surface area (Å²) in [6, 6.07) is 12.0. The molecule has 7 heteroatoms. The predicted molar refractivity (Wildman–Crippen MR) is 112 cm³/mol. The van der Waals surface area contributed by atoms with Crippen molar-refractivity contribution in [2.24, 2.45) is 0 Å². The summed E-state index contributed by atoms with van der Waals surface area (Å²) < 4.78 is 5.34. The van der Waals surface area contributed by atoms with Crippen LogP contribution >= 0.6 is 11.6 Å². The molecule has 3 aromatic rings. The van der Waals surface area contributed by atoms with Crippen molar-refractivity contribution < 1.29 is 14.0 Å². The smallest absolute Gasteiger partial charge is 0.336 e. The van der Waals surface area contributed by atoms with Crippen LogP contribution in [-0.2, 0) is 29.7 Å². The first-order valence-electron chi connectivity index (χ1n) is 9.90. The van der Waals surface area contributed by atoms with E-state index in [9.17, 15) is 14.4 Å². The van der Waals surface area contributed by atoms with Crippen LogP contribution in [0.1, 0.15) is 35.6 Å². The number of carbonyl (C=O) groups is 2. The number of carbonyl (C=O) groups excluding carboxylic acids is 2. The van der Waals surface area contributed by atoms with E-state index in [-0.39, 0.29) is 12.5 Å². The summed E-state index contributed by atoms with van der Waals surface area (Å²) >= 11 is 6.36. The van der Waals surface area contributed by atoms with Crippen LogP contribution in [0.15, 0.2) is 51.7 Å². The first-order chi connectivity index (χ1) is 14.4. The Hall–Kier alpha value is -3.12. The number of hydrogen-bond acceptors (Lipinski definition) is 4. The number of aryl methyl sites for hydroxylation is 2. The number of fused-ring (bicyclic) bond motifs is 3. The summed E-state index contributed by atoms with van der Waals surface area (Å²) in [7, 11) is 0. The molecular formula is C23H19ClN2O4. The van der Waals surface area contributed by atoms with E-state index in [0.717, 1.165) is 23.1 Å². The van der Waals surface area contributed by atoms with Gasteiger partial charge >= 0.3 is 11.7 Å². The van der Waals surface area contributed by atoms with Crippen LogP contribution in [0, 0.1) is 0 Å². The number of urea groups is 1. The number of benzene rings is 2. The molecule has 152 valence electrons. The minimum atomic E-state index is -1.03. The number of nitrogens with one attached hydrogen (secondary N) is 1. The highest BCUT2D eigenvalue weighted by molar-refractivity contribution is 6.32. The van der Waals surface area contributed by atoms with Gasteiger partial charge in [0.15, 0.2) is 0 Å². The first kappa shape index (κ1) is 18.9. The lowest BCUT2D eigenvalue weighted by atomic mass is 9.92. The lowest BCUT2D eigenvalue weighted by Gasteiger charge is -2.22. The zero-order chi connectivity index (χ0) is 21.0. The molecule has 0 saturated carbocycles. The van der Waals surface area contributed by atoms with Gasteiger partial charge in [-0.1, -0.05) is 42.8 Å². The molecule has 5 rings (SSSR count). The second-order valence-corrected chi connectivity index (χ2v) is 8.18. The van der Waals surface area contributed by atoms with Gasteiger partial charge in [0.25, 0.3) is 5.91 Å². The van der Waals surface area contributed by atoms with Crippen molar-refractivity contribution in [3.8, 4) is 0 Å². The number of halogens is 1. The highest BCUT2D eigenvalue weighted by Crippen LogP contribution is 2.41. The molecule has 1 atom stereocenters. The highest BCUT2D eigenvalue weighted by atomic mass is 35.5. The normalized spacial score (nSPS) is 20.3. The fourth-order valence-electron chi connectivity index (χ4n) is 4.59. The fourth-order valence-corrected chi connectivity index (χ4v) is 4.89. The molecule has 6 nitrogen and oxygen atoms in total. The Balaban J connectivity index is 1.56. The van der Waals surface area contributed by atoms with Gasteiger partial charge in [-0.3, -0.25) is 9.69 Å². The van der Waals surface area contributed by atoms with Gasteiger partial charge < -0.3 is 9.73 Å². The molecule has 0 radical (unpaired) electrons. The molecule has 0 bridgehead atoms. The minimum absolute atomic E-state index is 0.0293. The maximum absolute atomic E-state index is 13.4. The third-order valence-electron chi connectivity index (χ3n) is 6.13. The van der Waals surface area contributed by atoms with Gasteiger partial charge in [-0.2, -0.15) is 0 Å². The molecule has 1 aliphatic carbocycles. The summed E-state index contributed by atoms with van der Waals surface area (Å²) in [6.07, 6.45) is 1.94. The van der Waals surface area contributed by atoms with Crippen molar-refractivity contribution in [1.82, 2.24) is 10.2 Å². The van der Waals surface area contributed by atoms with Crippen molar-refractivity contribution in [1.29, 1.82) is 0 Å². The topological polar surface area (TPSA) is 79.6 Å². The van der Waals surface area contributed by atoms with Gasteiger partial charge in [0.05, 0.1) is 6.54 Å². The van der Waals surface area contributed by atoms with Crippen molar-refractivity contribution >= 4 is 34.5 Å².